The Morgan fingerprint density at radius 2 is 1.70 bits per heavy atom. The fourth-order valence-corrected chi connectivity index (χ4v) is 7.12. The zero-order valence-electron chi connectivity index (χ0n) is 15.1. The van der Waals surface area contributed by atoms with Crippen molar-refractivity contribution in [2.45, 2.75) is 78.7 Å². The quantitative estimate of drug-likeness (QED) is 0.740. The summed E-state index contributed by atoms with van der Waals surface area (Å²) in [5.74, 6) is 2.59. The Morgan fingerprint density at radius 3 is 2.43 bits per heavy atom. The molecule has 4 aliphatic rings. The van der Waals surface area contributed by atoms with Crippen molar-refractivity contribution in [3.05, 3.63) is 0 Å². The predicted molar refractivity (Wildman–Crippen MR) is 89.7 cm³/mol. The van der Waals surface area contributed by atoms with Gasteiger partial charge in [-0.3, -0.25) is 9.59 Å². The van der Waals surface area contributed by atoms with Crippen LogP contribution < -0.4 is 5.32 Å². The summed E-state index contributed by atoms with van der Waals surface area (Å²) in [7, 11) is 0. The van der Waals surface area contributed by atoms with Gasteiger partial charge in [-0.25, -0.2) is 0 Å². The molecule has 0 aromatic rings. The number of piperidine rings is 1. The fraction of sp³-hybridized carbons (Fsp3) is 0.900. The highest BCUT2D eigenvalue weighted by atomic mass is 16.1. The van der Waals surface area contributed by atoms with Crippen molar-refractivity contribution < 1.29 is 9.59 Å². The second kappa shape index (κ2) is 4.61. The highest BCUT2D eigenvalue weighted by Gasteiger charge is 2.64. The minimum Gasteiger partial charge on any atom is -0.353 e. The summed E-state index contributed by atoms with van der Waals surface area (Å²) in [6.07, 6.45) is 6.87. The Bertz CT molecular complexity index is 568. The van der Waals surface area contributed by atoms with Crippen molar-refractivity contribution in [2.75, 3.05) is 0 Å². The molecule has 4 rings (SSSR count). The first-order chi connectivity index (χ1) is 10.7. The van der Waals surface area contributed by atoms with Gasteiger partial charge in [0, 0.05) is 24.3 Å². The van der Waals surface area contributed by atoms with Crippen LogP contribution in [0.25, 0.3) is 0 Å². The van der Waals surface area contributed by atoms with Gasteiger partial charge in [0.2, 0.25) is 5.91 Å². The van der Waals surface area contributed by atoms with Crippen molar-refractivity contribution >= 4 is 11.7 Å². The average Bonchev–Trinajstić information content (AvgIpc) is 2.77. The number of nitrogens with one attached hydrogen (secondary N) is 1. The van der Waals surface area contributed by atoms with Crippen LogP contribution >= 0.6 is 0 Å². The average molecular weight is 317 g/mol. The molecule has 0 aromatic heterocycles. The summed E-state index contributed by atoms with van der Waals surface area (Å²) in [5.41, 5.74) is 0.358. The molecule has 1 heterocycles. The van der Waals surface area contributed by atoms with Gasteiger partial charge in [-0.15, -0.1) is 0 Å². The Balaban J connectivity index is 1.75. The monoisotopic (exact) mass is 317 g/mol. The summed E-state index contributed by atoms with van der Waals surface area (Å²) in [4.78, 5) is 24.5. The molecule has 0 bridgehead atoms. The number of rotatable bonds is 0. The molecule has 23 heavy (non-hydrogen) atoms. The highest BCUT2D eigenvalue weighted by Crippen LogP contribution is 2.67. The Kier molecular flexibility index (Phi) is 3.14. The van der Waals surface area contributed by atoms with Gasteiger partial charge in [0.1, 0.15) is 5.78 Å². The lowest BCUT2D eigenvalue weighted by atomic mass is 9.42. The van der Waals surface area contributed by atoms with E-state index in [4.69, 9.17) is 0 Å². The van der Waals surface area contributed by atoms with E-state index in [0.717, 1.165) is 38.5 Å². The van der Waals surface area contributed by atoms with Crippen molar-refractivity contribution in [3.8, 4) is 0 Å². The minimum atomic E-state index is -0.0699. The number of carbonyl (C=O) groups excluding carboxylic acids is 2. The number of ketones is 1. The maximum atomic E-state index is 12.6. The summed E-state index contributed by atoms with van der Waals surface area (Å²) in [5, 5.41) is 3.32. The first-order valence-electron chi connectivity index (χ1n) is 9.51. The molecule has 1 unspecified atom stereocenters. The van der Waals surface area contributed by atoms with Crippen molar-refractivity contribution in [2.24, 2.45) is 34.0 Å². The highest BCUT2D eigenvalue weighted by molar-refractivity contribution is 5.87. The molecule has 3 nitrogen and oxygen atoms in total. The molecule has 3 aliphatic carbocycles. The number of Topliss-reactive ketones (excluding diaryl/α,β-unsaturated/α-hetero) is 1. The van der Waals surface area contributed by atoms with Gasteiger partial charge in [-0.1, -0.05) is 27.7 Å². The van der Waals surface area contributed by atoms with Gasteiger partial charge in [0.05, 0.1) is 0 Å². The molecule has 1 amide bonds. The van der Waals surface area contributed by atoms with E-state index in [1.165, 1.54) is 0 Å². The van der Waals surface area contributed by atoms with E-state index in [0.29, 0.717) is 36.0 Å². The minimum absolute atomic E-state index is 0.0699. The fourth-order valence-electron chi connectivity index (χ4n) is 7.12. The van der Waals surface area contributed by atoms with Gasteiger partial charge in [-0.2, -0.15) is 0 Å². The predicted octanol–water partition coefficient (Wildman–Crippen LogP) is 3.71. The van der Waals surface area contributed by atoms with E-state index in [1.807, 2.05) is 0 Å². The molecular weight excluding hydrogens is 286 g/mol. The van der Waals surface area contributed by atoms with Gasteiger partial charge in [0.25, 0.3) is 0 Å². The molecule has 1 saturated heterocycles. The topological polar surface area (TPSA) is 46.2 Å². The van der Waals surface area contributed by atoms with Gasteiger partial charge >= 0.3 is 0 Å². The molecule has 3 saturated carbocycles. The summed E-state index contributed by atoms with van der Waals surface area (Å²) in [6, 6.07) is 0.321. The third-order valence-electron chi connectivity index (χ3n) is 8.48. The maximum Gasteiger partial charge on any atom is 0.220 e. The first kappa shape index (κ1) is 15.7. The SMILES string of the molecule is CC1(C)CC2NC(=O)CC[C@]2(C)[C@@H]2CC[C@]3(C)C(=O)CC[C@H]3[C@@H]21. The van der Waals surface area contributed by atoms with Crippen molar-refractivity contribution in [1.82, 2.24) is 5.32 Å². The maximum absolute atomic E-state index is 12.6. The van der Waals surface area contributed by atoms with Crippen LogP contribution in [0.4, 0.5) is 0 Å². The molecule has 4 fully saturated rings. The Hall–Kier alpha value is -0.860. The van der Waals surface area contributed by atoms with Gasteiger partial charge < -0.3 is 5.32 Å². The molecule has 0 radical (unpaired) electrons. The molecular formula is C20H31NO2. The zero-order chi connectivity index (χ0) is 16.6. The number of carbonyl (C=O) groups is 2. The number of hydrogen-bond donors (Lipinski definition) is 1. The van der Waals surface area contributed by atoms with Crippen LogP contribution in [-0.2, 0) is 9.59 Å². The molecule has 1 aliphatic heterocycles. The van der Waals surface area contributed by atoms with Crippen LogP contribution in [-0.4, -0.2) is 17.7 Å². The Morgan fingerprint density at radius 1 is 0.957 bits per heavy atom. The number of fused-ring (bicyclic) bond motifs is 5. The number of amides is 1. The van der Waals surface area contributed by atoms with Gasteiger partial charge in [0.15, 0.2) is 0 Å². The largest absolute Gasteiger partial charge is 0.353 e. The second-order valence-electron chi connectivity index (χ2n) is 9.98. The molecule has 128 valence electrons. The smallest absolute Gasteiger partial charge is 0.220 e. The lowest BCUT2D eigenvalue weighted by Gasteiger charge is -2.64. The van der Waals surface area contributed by atoms with Crippen LogP contribution in [0.1, 0.15) is 72.6 Å². The van der Waals surface area contributed by atoms with Gasteiger partial charge in [-0.05, 0) is 60.7 Å². The Labute approximate surface area is 140 Å². The molecule has 0 spiro atoms. The van der Waals surface area contributed by atoms with Crippen LogP contribution in [0.5, 0.6) is 0 Å². The van der Waals surface area contributed by atoms with Crippen LogP contribution in [0.2, 0.25) is 0 Å². The van der Waals surface area contributed by atoms with E-state index in [2.05, 4.69) is 33.0 Å². The number of hydrogen-bond acceptors (Lipinski definition) is 2. The molecule has 1 N–H and O–H groups in total. The second-order valence-corrected chi connectivity index (χ2v) is 9.98. The third-order valence-corrected chi connectivity index (χ3v) is 8.48. The van der Waals surface area contributed by atoms with E-state index in [1.54, 1.807) is 0 Å². The third kappa shape index (κ3) is 1.94. The molecule has 6 atom stereocenters. The van der Waals surface area contributed by atoms with Crippen molar-refractivity contribution in [1.29, 1.82) is 0 Å². The van der Waals surface area contributed by atoms with Crippen molar-refractivity contribution in [3.63, 3.8) is 0 Å². The molecule has 3 heteroatoms. The van der Waals surface area contributed by atoms with E-state index in [9.17, 15) is 9.59 Å². The van der Waals surface area contributed by atoms with E-state index < -0.39 is 0 Å². The zero-order valence-corrected chi connectivity index (χ0v) is 15.1. The normalized spacial score (nSPS) is 51.5. The van der Waals surface area contributed by atoms with Crippen LogP contribution in [0, 0.1) is 34.0 Å². The van der Waals surface area contributed by atoms with E-state index in [-0.39, 0.29) is 22.2 Å². The summed E-state index contributed by atoms with van der Waals surface area (Å²) in [6.45, 7) is 9.44. The lowest BCUT2D eigenvalue weighted by molar-refractivity contribution is -0.160. The summed E-state index contributed by atoms with van der Waals surface area (Å²) >= 11 is 0. The van der Waals surface area contributed by atoms with Crippen LogP contribution in [0.15, 0.2) is 0 Å². The first-order valence-corrected chi connectivity index (χ1v) is 9.51. The summed E-state index contributed by atoms with van der Waals surface area (Å²) < 4.78 is 0. The lowest BCUT2D eigenvalue weighted by Crippen LogP contribution is -2.65. The van der Waals surface area contributed by atoms with Crippen LogP contribution in [0.3, 0.4) is 0 Å². The standard InChI is InChI=1S/C20H31NO2/c1-18(2)11-14-19(3,10-8-16(23)21-14)13-7-9-20(4)12(17(13)18)5-6-15(20)22/h12-14,17H,5-11H2,1-4H3,(H,21,23)/t12-,13+,14?,17-,19+,20-/m0/s1. The van der Waals surface area contributed by atoms with E-state index >= 15 is 0 Å². The molecule has 0 aromatic carbocycles.